The van der Waals surface area contributed by atoms with Crippen LogP contribution in [0.1, 0.15) is 30.9 Å². The average Bonchev–Trinajstić information content (AvgIpc) is 2.43. The molecule has 0 spiro atoms. The molecule has 1 atom stereocenters. The predicted octanol–water partition coefficient (Wildman–Crippen LogP) is 3.10. The number of hydrogen-bond donors (Lipinski definition) is 1. The van der Waals surface area contributed by atoms with Gasteiger partial charge in [-0.05, 0) is 65.0 Å². The fraction of sp³-hybridized carbons (Fsp3) is 0.538. The molecule has 0 aromatic heterocycles. The van der Waals surface area contributed by atoms with E-state index in [9.17, 15) is 0 Å². The number of ether oxygens (including phenoxy) is 1. The van der Waals surface area contributed by atoms with Gasteiger partial charge in [0.05, 0.1) is 11.1 Å². The van der Waals surface area contributed by atoms with Crippen molar-refractivity contribution in [3.63, 3.8) is 0 Å². The highest BCUT2D eigenvalue weighted by Crippen LogP contribution is 2.33. The summed E-state index contributed by atoms with van der Waals surface area (Å²) in [7, 11) is 0. The molecule has 1 heterocycles. The lowest BCUT2D eigenvalue weighted by molar-refractivity contribution is 0.337. The maximum atomic E-state index is 5.61. The van der Waals surface area contributed by atoms with E-state index in [0.717, 1.165) is 29.7 Å². The molecule has 0 aliphatic carbocycles. The van der Waals surface area contributed by atoms with Gasteiger partial charge in [-0.1, -0.05) is 6.92 Å². The molecule has 1 aliphatic rings. The first kappa shape index (κ1) is 11.9. The number of nitrogens with one attached hydrogen (secondary N) is 1. The van der Waals surface area contributed by atoms with Crippen LogP contribution >= 0.6 is 15.9 Å². The molecular formula is C13H18BrNO. The molecule has 2 rings (SSSR count). The van der Waals surface area contributed by atoms with Crippen molar-refractivity contribution in [3.8, 4) is 5.75 Å². The number of hydrogen-bond acceptors (Lipinski definition) is 2. The standard InChI is InChI=1S/C13H18BrNO/c1-3-16-13-6-10-4-5-15-8-9(2)11(10)7-12(13)14/h6-7,9,15H,3-5,8H2,1-2H3/t9-/m0/s1. The lowest BCUT2D eigenvalue weighted by Crippen LogP contribution is -2.18. The van der Waals surface area contributed by atoms with Crippen LogP contribution in [0, 0.1) is 0 Å². The second-order valence-corrected chi connectivity index (χ2v) is 5.12. The Hall–Kier alpha value is -0.540. The van der Waals surface area contributed by atoms with Gasteiger partial charge >= 0.3 is 0 Å². The van der Waals surface area contributed by atoms with Crippen LogP contribution < -0.4 is 10.1 Å². The molecule has 1 aliphatic heterocycles. The largest absolute Gasteiger partial charge is 0.493 e. The molecule has 0 saturated heterocycles. The fourth-order valence-corrected chi connectivity index (χ4v) is 2.68. The lowest BCUT2D eigenvalue weighted by Gasteiger charge is -2.15. The minimum Gasteiger partial charge on any atom is -0.493 e. The molecule has 3 heteroatoms. The Balaban J connectivity index is 2.40. The SMILES string of the molecule is CCOc1cc2c(cc1Br)[C@@H](C)CNCC2. The first-order valence-corrected chi connectivity index (χ1v) is 6.67. The van der Waals surface area contributed by atoms with Gasteiger partial charge in [-0.2, -0.15) is 0 Å². The summed E-state index contributed by atoms with van der Waals surface area (Å²) in [6, 6.07) is 4.41. The van der Waals surface area contributed by atoms with Crippen LogP contribution in [0.4, 0.5) is 0 Å². The third-order valence-corrected chi connectivity index (χ3v) is 3.67. The van der Waals surface area contributed by atoms with Gasteiger partial charge in [0.1, 0.15) is 5.75 Å². The number of fused-ring (bicyclic) bond motifs is 1. The fourth-order valence-electron chi connectivity index (χ4n) is 2.20. The van der Waals surface area contributed by atoms with E-state index in [2.05, 4.69) is 40.3 Å². The van der Waals surface area contributed by atoms with E-state index < -0.39 is 0 Å². The maximum Gasteiger partial charge on any atom is 0.133 e. The van der Waals surface area contributed by atoms with E-state index in [0.29, 0.717) is 12.5 Å². The van der Waals surface area contributed by atoms with E-state index in [1.807, 2.05) is 6.92 Å². The zero-order valence-corrected chi connectivity index (χ0v) is 11.4. The average molecular weight is 284 g/mol. The van der Waals surface area contributed by atoms with Crippen LogP contribution in [-0.2, 0) is 6.42 Å². The summed E-state index contributed by atoms with van der Waals surface area (Å²) in [5, 5.41) is 3.46. The Morgan fingerprint density at radius 3 is 3.06 bits per heavy atom. The van der Waals surface area contributed by atoms with E-state index >= 15 is 0 Å². The number of halogens is 1. The van der Waals surface area contributed by atoms with Crippen LogP contribution in [0.25, 0.3) is 0 Å². The molecule has 2 nitrogen and oxygen atoms in total. The normalized spacial score (nSPS) is 20.1. The Morgan fingerprint density at radius 1 is 1.50 bits per heavy atom. The van der Waals surface area contributed by atoms with Crippen LogP contribution in [0.5, 0.6) is 5.75 Å². The molecule has 0 unspecified atom stereocenters. The summed E-state index contributed by atoms with van der Waals surface area (Å²) in [6.07, 6.45) is 1.09. The second kappa shape index (κ2) is 5.19. The summed E-state index contributed by atoms with van der Waals surface area (Å²) < 4.78 is 6.68. The quantitative estimate of drug-likeness (QED) is 0.901. The van der Waals surface area contributed by atoms with Gasteiger partial charge < -0.3 is 10.1 Å². The molecule has 1 aromatic carbocycles. The molecule has 16 heavy (non-hydrogen) atoms. The molecule has 0 saturated carbocycles. The van der Waals surface area contributed by atoms with Crippen molar-refractivity contribution in [1.29, 1.82) is 0 Å². The molecule has 0 fully saturated rings. The number of benzene rings is 1. The van der Waals surface area contributed by atoms with Crippen LogP contribution in [0.2, 0.25) is 0 Å². The topological polar surface area (TPSA) is 21.3 Å². The molecule has 88 valence electrons. The van der Waals surface area contributed by atoms with Crippen LogP contribution in [0.15, 0.2) is 16.6 Å². The highest BCUT2D eigenvalue weighted by atomic mass is 79.9. The van der Waals surface area contributed by atoms with Gasteiger partial charge in [0, 0.05) is 6.54 Å². The lowest BCUT2D eigenvalue weighted by atomic mass is 9.95. The van der Waals surface area contributed by atoms with Gasteiger partial charge in [-0.25, -0.2) is 0 Å². The smallest absolute Gasteiger partial charge is 0.133 e. The van der Waals surface area contributed by atoms with E-state index in [-0.39, 0.29) is 0 Å². The van der Waals surface area contributed by atoms with E-state index in [1.54, 1.807) is 0 Å². The third kappa shape index (κ3) is 2.41. The molecular weight excluding hydrogens is 266 g/mol. The van der Waals surface area contributed by atoms with Gasteiger partial charge in [0.25, 0.3) is 0 Å². The van der Waals surface area contributed by atoms with Crippen molar-refractivity contribution in [2.24, 2.45) is 0 Å². The van der Waals surface area contributed by atoms with E-state index in [4.69, 9.17) is 4.74 Å². The van der Waals surface area contributed by atoms with Gasteiger partial charge in [0.15, 0.2) is 0 Å². The summed E-state index contributed by atoms with van der Waals surface area (Å²) in [6.45, 7) is 7.12. The molecule has 0 bridgehead atoms. The highest BCUT2D eigenvalue weighted by Gasteiger charge is 2.16. The maximum absolute atomic E-state index is 5.61. The van der Waals surface area contributed by atoms with Crippen molar-refractivity contribution in [2.75, 3.05) is 19.7 Å². The Kier molecular flexibility index (Phi) is 3.87. The Bertz CT molecular complexity index is 378. The minimum absolute atomic E-state index is 0.574. The first-order valence-electron chi connectivity index (χ1n) is 5.88. The summed E-state index contributed by atoms with van der Waals surface area (Å²) in [5.41, 5.74) is 2.87. The second-order valence-electron chi connectivity index (χ2n) is 4.27. The molecule has 1 aromatic rings. The van der Waals surface area contributed by atoms with Gasteiger partial charge in [-0.3, -0.25) is 0 Å². The Labute approximate surface area is 106 Å². The zero-order chi connectivity index (χ0) is 11.5. The van der Waals surface area contributed by atoms with Crippen LogP contribution in [0.3, 0.4) is 0 Å². The Morgan fingerprint density at radius 2 is 2.31 bits per heavy atom. The number of rotatable bonds is 2. The molecule has 1 N–H and O–H groups in total. The minimum atomic E-state index is 0.574. The summed E-state index contributed by atoms with van der Waals surface area (Å²) >= 11 is 3.58. The first-order chi connectivity index (χ1) is 7.72. The summed E-state index contributed by atoms with van der Waals surface area (Å²) in [5.74, 6) is 1.54. The highest BCUT2D eigenvalue weighted by molar-refractivity contribution is 9.10. The van der Waals surface area contributed by atoms with Crippen molar-refractivity contribution in [2.45, 2.75) is 26.2 Å². The van der Waals surface area contributed by atoms with Crippen molar-refractivity contribution < 1.29 is 4.74 Å². The molecule has 0 amide bonds. The van der Waals surface area contributed by atoms with Crippen molar-refractivity contribution in [3.05, 3.63) is 27.7 Å². The zero-order valence-electron chi connectivity index (χ0n) is 9.85. The monoisotopic (exact) mass is 283 g/mol. The summed E-state index contributed by atoms with van der Waals surface area (Å²) in [4.78, 5) is 0. The van der Waals surface area contributed by atoms with E-state index in [1.165, 1.54) is 11.1 Å². The van der Waals surface area contributed by atoms with Crippen molar-refractivity contribution >= 4 is 15.9 Å². The third-order valence-electron chi connectivity index (χ3n) is 3.05. The van der Waals surface area contributed by atoms with Crippen LogP contribution in [-0.4, -0.2) is 19.7 Å². The van der Waals surface area contributed by atoms with Gasteiger partial charge in [0.2, 0.25) is 0 Å². The predicted molar refractivity (Wildman–Crippen MR) is 70.3 cm³/mol. The van der Waals surface area contributed by atoms with Gasteiger partial charge in [-0.15, -0.1) is 0 Å². The molecule has 0 radical (unpaired) electrons. The van der Waals surface area contributed by atoms with Crippen molar-refractivity contribution in [1.82, 2.24) is 5.32 Å².